The Bertz CT molecular complexity index is 2140. The third kappa shape index (κ3) is 9.91. The van der Waals surface area contributed by atoms with Crippen molar-refractivity contribution in [1.29, 1.82) is 0 Å². The first-order chi connectivity index (χ1) is 27.7. The number of pyridine rings is 1. The summed E-state index contributed by atoms with van der Waals surface area (Å²) < 4.78 is 0. The van der Waals surface area contributed by atoms with Gasteiger partial charge in [-0.3, -0.25) is 44.0 Å². The molecule has 4 aromatic rings. The van der Waals surface area contributed by atoms with Gasteiger partial charge in [0.1, 0.15) is 6.04 Å². The van der Waals surface area contributed by atoms with Crippen LogP contribution in [0.5, 0.6) is 0 Å². The number of nitrogens with one attached hydrogen (secondary N) is 4. The number of aromatic nitrogens is 1. The highest BCUT2D eigenvalue weighted by atomic mass is 16.2. The van der Waals surface area contributed by atoms with Gasteiger partial charge in [0.05, 0.1) is 27.9 Å². The molecule has 12 nitrogen and oxygen atoms in total. The van der Waals surface area contributed by atoms with E-state index in [0.29, 0.717) is 17.7 Å². The highest BCUT2D eigenvalue weighted by molar-refractivity contribution is 6.24. The summed E-state index contributed by atoms with van der Waals surface area (Å²) in [5.74, 6) is -2.88. The summed E-state index contributed by atoms with van der Waals surface area (Å²) in [5, 5.41) is 12.4. The number of anilines is 2. The van der Waals surface area contributed by atoms with Crippen molar-refractivity contribution in [3.8, 4) is 0 Å². The molecule has 0 aliphatic carbocycles. The predicted molar refractivity (Wildman–Crippen MR) is 219 cm³/mol. The third-order valence-corrected chi connectivity index (χ3v) is 10.9. The van der Waals surface area contributed by atoms with Gasteiger partial charge in [0.2, 0.25) is 17.7 Å². The molecule has 2 atom stereocenters. The molecule has 4 N–H and O–H groups in total. The molecular weight excluding hydrogens is 721 g/mol. The number of piperidine rings is 1. The summed E-state index contributed by atoms with van der Waals surface area (Å²) in [6.45, 7) is 2.39. The van der Waals surface area contributed by atoms with Crippen LogP contribution in [0, 0.1) is 5.92 Å². The minimum atomic E-state index is -1.03. The average molecular weight is 773 g/mol. The Labute approximate surface area is 333 Å². The lowest BCUT2D eigenvalue weighted by Gasteiger charge is -2.27. The van der Waals surface area contributed by atoms with E-state index in [-0.39, 0.29) is 42.2 Å². The molecule has 2 aliphatic heterocycles. The van der Waals surface area contributed by atoms with Crippen LogP contribution in [0.3, 0.4) is 0 Å². The van der Waals surface area contributed by atoms with Crippen molar-refractivity contribution < 1.29 is 28.8 Å². The van der Waals surface area contributed by atoms with Gasteiger partial charge in [-0.1, -0.05) is 88.3 Å². The quantitative estimate of drug-likeness (QED) is 0.0598. The van der Waals surface area contributed by atoms with Crippen LogP contribution in [0.2, 0.25) is 0 Å². The van der Waals surface area contributed by atoms with Crippen LogP contribution in [0.1, 0.15) is 120 Å². The van der Waals surface area contributed by atoms with Crippen LogP contribution in [0.25, 0.3) is 10.9 Å². The normalized spacial score (nSPS) is 15.7. The molecule has 3 heterocycles. The van der Waals surface area contributed by atoms with Gasteiger partial charge in [-0.25, -0.2) is 0 Å². The van der Waals surface area contributed by atoms with E-state index in [1.54, 1.807) is 38.4 Å². The zero-order valence-electron chi connectivity index (χ0n) is 32.8. The molecular formula is C45H52N6O6. The third-order valence-electron chi connectivity index (χ3n) is 10.9. The smallest absolute Gasteiger partial charge is 0.262 e. The number of benzene rings is 3. The van der Waals surface area contributed by atoms with Gasteiger partial charge >= 0.3 is 0 Å². The largest absolute Gasteiger partial charge is 0.356 e. The summed E-state index contributed by atoms with van der Waals surface area (Å²) in [5.41, 5.74) is 5.30. The number of hydrogen-bond donors (Lipinski definition) is 4. The van der Waals surface area contributed by atoms with E-state index in [9.17, 15) is 28.8 Å². The lowest BCUT2D eigenvalue weighted by atomic mass is 9.94. The summed E-state index contributed by atoms with van der Waals surface area (Å²) >= 11 is 0. The van der Waals surface area contributed by atoms with E-state index in [0.717, 1.165) is 72.1 Å². The zero-order chi connectivity index (χ0) is 40.3. The summed E-state index contributed by atoms with van der Waals surface area (Å²) in [6.07, 6.45) is 13.0. The first-order valence-electron chi connectivity index (χ1n) is 20.2. The molecule has 1 aromatic heterocycles. The first kappa shape index (κ1) is 40.7. The minimum Gasteiger partial charge on any atom is -0.356 e. The summed E-state index contributed by atoms with van der Waals surface area (Å²) in [6, 6.07) is 20.1. The van der Waals surface area contributed by atoms with Crippen LogP contribution in [0.15, 0.2) is 72.9 Å². The van der Waals surface area contributed by atoms with E-state index in [2.05, 4.69) is 38.4 Å². The second-order valence-electron chi connectivity index (χ2n) is 15.1. The fourth-order valence-corrected chi connectivity index (χ4v) is 7.76. The number of rotatable bonds is 19. The molecule has 0 radical (unpaired) electrons. The van der Waals surface area contributed by atoms with Crippen molar-refractivity contribution >= 4 is 57.7 Å². The standard InChI is InChI=1S/C45H52N6O6/c1-29(26-31-17-15-20-33-39(31)45(57)51(44(33)56)37-23-24-38(52)50-43(37)55)41(53)47-25-14-9-7-5-3-4-6-8-11-16-30-21-22-36-34(27-30)40(35(28-48-36)42(54)46-2)49-32-18-12-10-13-19-32/h10,12-13,15,17-22,27-29,37H,3-9,11,14,16,23-26H2,1-2H3,(H,46,54)(H,47,53)(H,48,49)(H,50,52,55). The van der Waals surface area contributed by atoms with Crippen LogP contribution in [0.4, 0.5) is 11.4 Å². The highest BCUT2D eigenvalue weighted by Crippen LogP contribution is 2.32. The fourth-order valence-electron chi connectivity index (χ4n) is 7.76. The number of fused-ring (bicyclic) bond motifs is 2. The molecule has 298 valence electrons. The van der Waals surface area contributed by atoms with Crippen LogP contribution < -0.4 is 21.3 Å². The SMILES string of the molecule is CNC(=O)c1cnc2ccc(CCCCCCCCCCCNC(=O)C(C)Cc3cccc4c3C(=O)N(C3CCC(=O)NC3=O)C4=O)cc2c1Nc1ccccc1. The predicted octanol–water partition coefficient (Wildman–Crippen LogP) is 6.79. The van der Waals surface area contributed by atoms with E-state index < -0.39 is 35.6 Å². The molecule has 0 saturated carbocycles. The van der Waals surface area contributed by atoms with Crippen molar-refractivity contribution in [3.63, 3.8) is 0 Å². The van der Waals surface area contributed by atoms with Gasteiger partial charge in [0.25, 0.3) is 17.7 Å². The van der Waals surface area contributed by atoms with Crippen molar-refractivity contribution in [2.45, 2.75) is 96.4 Å². The Morgan fingerprint density at radius 3 is 2.30 bits per heavy atom. The van der Waals surface area contributed by atoms with Crippen molar-refractivity contribution in [1.82, 2.24) is 25.8 Å². The molecule has 1 fully saturated rings. The van der Waals surface area contributed by atoms with Crippen molar-refractivity contribution in [2.24, 2.45) is 5.92 Å². The van der Waals surface area contributed by atoms with Gasteiger partial charge in [-0.2, -0.15) is 0 Å². The second-order valence-corrected chi connectivity index (χ2v) is 15.1. The molecule has 0 bridgehead atoms. The van der Waals surface area contributed by atoms with E-state index in [1.165, 1.54) is 24.8 Å². The molecule has 0 spiro atoms. The molecule has 2 aliphatic rings. The van der Waals surface area contributed by atoms with Crippen molar-refractivity contribution in [2.75, 3.05) is 18.9 Å². The lowest BCUT2D eigenvalue weighted by molar-refractivity contribution is -0.136. The monoisotopic (exact) mass is 772 g/mol. The number of imide groups is 2. The van der Waals surface area contributed by atoms with Gasteiger partial charge in [-0.15, -0.1) is 0 Å². The molecule has 6 rings (SSSR count). The second kappa shape index (κ2) is 19.3. The van der Waals surface area contributed by atoms with Crippen LogP contribution in [-0.2, 0) is 27.2 Å². The summed E-state index contributed by atoms with van der Waals surface area (Å²) in [4.78, 5) is 81.7. The fraction of sp³-hybridized carbons (Fsp3) is 0.400. The van der Waals surface area contributed by atoms with Crippen LogP contribution >= 0.6 is 0 Å². The average Bonchev–Trinajstić information content (AvgIpc) is 3.47. The summed E-state index contributed by atoms with van der Waals surface area (Å²) in [7, 11) is 1.63. The maximum atomic E-state index is 13.4. The Morgan fingerprint density at radius 2 is 1.58 bits per heavy atom. The number of carbonyl (C=O) groups is 6. The molecule has 1 saturated heterocycles. The Kier molecular flexibility index (Phi) is 13.8. The molecule has 2 unspecified atom stereocenters. The van der Waals surface area contributed by atoms with Crippen molar-refractivity contribution in [3.05, 3.63) is 101 Å². The lowest BCUT2D eigenvalue weighted by Crippen LogP contribution is -2.54. The van der Waals surface area contributed by atoms with E-state index in [1.807, 2.05) is 36.4 Å². The Balaban J connectivity index is 0.861. The minimum absolute atomic E-state index is 0.0578. The topological polar surface area (TPSA) is 167 Å². The van der Waals surface area contributed by atoms with E-state index >= 15 is 0 Å². The maximum absolute atomic E-state index is 13.4. The van der Waals surface area contributed by atoms with Gasteiger partial charge < -0.3 is 16.0 Å². The first-order valence-corrected chi connectivity index (χ1v) is 20.2. The number of nitrogens with zero attached hydrogens (tertiary/aromatic N) is 2. The number of unbranched alkanes of at least 4 members (excludes halogenated alkanes) is 8. The molecule has 6 amide bonds. The molecule has 12 heteroatoms. The number of aryl methyl sites for hydroxylation is 1. The molecule has 3 aromatic carbocycles. The number of hydrogen-bond acceptors (Lipinski definition) is 8. The number of amides is 6. The Hall–Kier alpha value is -5.91. The van der Waals surface area contributed by atoms with E-state index in [4.69, 9.17) is 0 Å². The Morgan fingerprint density at radius 1 is 0.860 bits per heavy atom. The number of para-hydroxylation sites is 1. The molecule has 57 heavy (non-hydrogen) atoms. The van der Waals surface area contributed by atoms with Gasteiger partial charge in [0.15, 0.2) is 0 Å². The van der Waals surface area contributed by atoms with Crippen LogP contribution in [-0.4, -0.2) is 65.0 Å². The highest BCUT2D eigenvalue weighted by Gasteiger charge is 2.45. The maximum Gasteiger partial charge on any atom is 0.262 e. The number of carbonyl (C=O) groups excluding carboxylic acids is 6. The zero-order valence-corrected chi connectivity index (χ0v) is 32.8. The van der Waals surface area contributed by atoms with Gasteiger partial charge in [0, 0.05) is 43.2 Å². The van der Waals surface area contributed by atoms with Gasteiger partial charge in [-0.05, 0) is 73.6 Å².